The number of halogens is 1. The quantitative estimate of drug-likeness (QED) is 0.924. The van der Waals surface area contributed by atoms with E-state index in [0.717, 1.165) is 32.4 Å². The van der Waals surface area contributed by atoms with Crippen LogP contribution in [0, 0.1) is 5.82 Å². The van der Waals surface area contributed by atoms with Crippen molar-refractivity contribution < 1.29 is 14.0 Å². The monoisotopic (exact) mass is 331 g/mol. The largest absolute Gasteiger partial charge is 0.341 e. The highest BCUT2D eigenvalue weighted by Gasteiger charge is 2.17. The number of amides is 2. The summed E-state index contributed by atoms with van der Waals surface area (Å²) in [4.78, 5) is 30.0. The lowest BCUT2D eigenvalue weighted by Gasteiger charge is -2.26. The van der Waals surface area contributed by atoms with Gasteiger partial charge in [0.05, 0.1) is 0 Å². The first-order valence-electron chi connectivity index (χ1n) is 7.86. The van der Waals surface area contributed by atoms with E-state index in [4.69, 9.17) is 0 Å². The minimum Gasteiger partial charge on any atom is -0.341 e. The molecule has 0 radical (unpaired) electrons. The molecule has 1 saturated heterocycles. The van der Waals surface area contributed by atoms with Crippen LogP contribution in [0.5, 0.6) is 0 Å². The van der Waals surface area contributed by atoms with Crippen LogP contribution in [-0.2, 0) is 11.3 Å². The average molecular weight is 331 g/mol. The summed E-state index contributed by atoms with van der Waals surface area (Å²) < 4.78 is 14.3. The van der Waals surface area contributed by atoms with Gasteiger partial charge >= 0.3 is 0 Å². The van der Waals surface area contributed by atoms with E-state index >= 15 is 0 Å². The maximum absolute atomic E-state index is 12.9. The maximum Gasteiger partial charge on any atom is 0.258 e. The van der Waals surface area contributed by atoms with Crippen LogP contribution in [0.25, 0.3) is 0 Å². The summed E-state index contributed by atoms with van der Waals surface area (Å²) in [6.45, 7) is 1.66. The highest BCUT2D eigenvalue weighted by atomic mass is 19.1. The molecule has 126 valence electrons. The summed E-state index contributed by atoms with van der Waals surface area (Å²) in [5.74, 6) is -0.743. The van der Waals surface area contributed by atoms with Gasteiger partial charge in [0.25, 0.3) is 5.91 Å². The first kappa shape index (κ1) is 16.1. The number of carbonyl (C=O) groups excluding carboxylic acids is 2. The van der Waals surface area contributed by atoms with Crippen molar-refractivity contribution in [3.8, 4) is 0 Å². The first-order valence-corrected chi connectivity index (χ1v) is 7.86. The fourth-order valence-corrected chi connectivity index (χ4v) is 2.58. The molecule has 8 heteroatoms. The van der Waals surface area contributed by atoms with E-state index in [-0.39, 0.29) is 18.4 Å². The topological polar surface area (TPSA) is 80.1 Å². The van der Waals surface area contributed by atoms with E-state index in [2.05, 4.69) is 15.4 Å². The fourth-order valence-electron chi connectivity index (χ4n) is 2.58. The summed E-state index contributed by atoms with van der Waals surface area (Å²) >= 11 is 0. The Labute approximate surface area is 138 Å². The number of rotatable bonds is 4. The number of benzene rings is 1. The molecule has 2 aromatic rings. The zero-order valence-electron chi connectivity index (χ0n) is 13.1. The molecule has 24 heavy (non-hydrogen) atoms. The molecule has 1 N–H and O–H groups in total. The van der Waals surface area contributed by atoms with Crippen LogP contribution >= 0.6 is 0 Å². The minimum atomic E-state index is -0.435. The summed E-state index contributed by atoms with van der Waals surface area (Å²) in [6, 6.07) is 5.17. The molecular weight excluding hydrogens is 313 g/mol. The Balaban J connectivity index is 1.57. The number of nitrogens with one attached hydrogen (secondary N) is 1. The average Bonchev–Trinajstić information content (AvgIpc) is 3.03. The third-order valence-electron chi connectivity index (χ3n) is 3.87. The lowest BCUT2D eigenvalue weighted by molar-refractivity contribution is -0.132. The highest BCUT2D eigenvalue weighted by molar-refractivity contribution is 6.03. The first-order chi connectivity index (χ1) is 11.6. The second-order valence-corrected chi connectivity index (χ2v) is 5.67. The van der Waals surface area contributed by atoms with Crippen LogP contribution in [-0.4, -0.2) is 44.6 Å². The maximum atomic E-state index is 12.9. The van der Waals surface area contributed by atoms with Gasteiger partial charge in [0.15, 0.2) is 0 Å². The molecule has 1 aliphatic heterocycles. The molecule has 3 rings (SSSR count). The molecule has 0 bridgehead atoms. The molecule has 1 aromatic heterocycles. The van der Waals surface area contributed by atoms with Crippen molar-refractivity contribution in [1.29, 1.82) is 0 Å². The van der Waals surface area contributed by atoms with Gasteiger partial charge in [-0.1, -0.05) is 0 Å². The highest BCUT2D eigenvalue weighted by Crippen LogP contribution is 2.10. The van der Waals surface area contributed by atoms with E-state index in [0.29, 0.717) is 5.56 Å². The van der Waals surface area contributed by atoms with Crippen LogP contribution in [0.15, 0.2) is 30.6 Å². The molecule has 0 atom stereocenters. The molecule has 0 spiro atoms. The molecule has 1 fully saturated rings. The predicted molar refractivity (Wildman–Crippen MR) is 84.8 cm³/mol. The normalized spacial score (nSPS) is 14.5. The van der Waals surface area contributed by atoms with Gasteiger partial charge in [-0.05, 0) is 43.5 Å². The smallest absolute Gasteiger partial charge is 0.258 e. The fraction of sp³-hybridized carbons (Fsp3) is 0.375. The Morgan fingerprint density at radius 2 is 1.83 bits per heavy atom. The summed E-state index contributed by atoms with van der Waals surface area (Å²) in [6.07, 6.45) is 4.62. The molecule has 2 amide bonds. The molecule has 0 unspecified atom stereocenters. The van der Waals surface area contributed by atoms with Gasteiger partial charge in [0, 0.05) is 18.7 Å². The van der Waals surface area contributed by atoms with Crippen LogP contribution in [0.3, 0.4) is 0 Å². The predicted octanol–water partition coefficient (Wildman–Crippen LogP) is 1.68. The van der Waals surface area contributed by atoms with Gasteiger partial charge in [0.1, 0.15) is 18.7 Å². The molecule has 0 saturated carbocycles. The van der Waals surface area contributed by atoms with Crippen LogP contribution in [0.1, 0.15) is 29.6 Å². The summed E-state index contributed by atoms with van der Waals surface area (Å²) in [5, 5.41) is 6.60. The number of likely N-dealkylation sites (tertiary alicyclic amines) is 1. The van der Waals surface area contributed by atoms with Crippen molar-refractivity contribution >= 4 is 17.8 Å². The number of hydrogen-bond acceptors (Lipinski definition) is 4. The van der Waals surface area contributed by atoms with Crippen molar-refractivity contribution in [3.05, 3.63) is 42.0 Å². The van der Waals surface area contributed by atoms with E-state index in [1.54, 1.807) is 0 Å². The van der Waals surface area contributed by atoms with Crippen molar-refractivity contribution in [2.24, 2.45) is 0 Å². The van der Waals surface area contributed by atoms with Gasteiger partial charge in [0.2, 0.25) is 11.9 Å². The van der Waals surface area contributed by atoms with Crippen molar-refractivity contribution in [1.82, 2.24) is 19.7 Å². The number of anilines is 1. The van der Waals surface area contributed by atoms with E-state index in [1.807, 2.05) is 4.90 Å². The van der Waals surface area contributed by atoms with E-state index in [1.165, 1.54) is 35.3 Å². The van der Waals surface area contributed by atoms with Gasteiger partial charge in [-0.3, -0.25) is 14.9 Å². The minimum absolute atomic E-state index is 0.00369. The number of hydrogen-bond donors (Lipinski definition) is 1. The molecular formula is C16H18FN5O2. The summed E-state index contributed by atoms with van der Waals surface area (Å²) in [5.41, 5.74) is 0.303. The molecule has 7 nitrogen and oxygen atoms in total. The zero-order chi connectivity index (χ0) is 16.9. The molecule has 2 heterocycles. The Hall–Kier alpha value is -2.77. The second-order valence-electron chi connectivity index (χ2n) is 5.67. The number of nitrogens with zero attached hydrogens (tertiary/aromatic N) is 4. The van der Waals surface area contributed by atoms with Gasteiger partial charge in [-0.25, -0.2) is 14.1 Å². The Kier molecular flexibility index (Phi) is 4.83. The van der Waals surface area contributed by atoms with Crippen LogP contribution in [0.4, 0.5) is 10.3 Å². The van der Waals surface area contributed by atoms with Crippen molar-refractivity contribution in [3.63, 3.8) is 0 Å². The number of aromatic nitrogens is 3. The summed E-state index contributed by atoms with van der Waals surface area (Å²) in [7, 11) is 0. The zero-order valence-corrected chi connectivity index (χ0v) is 13.1. The van der Waals surface area contributed by atoms with E-state index < -0.39 is 11.7 Å². The van der Waals surface area contributed by atoms with Gasteiger partial charge in [-0.2, -0.15) is 0 Å². The Morgan fingerprint density at radius 3 is 2.54 bits per heavy atom. The molecule has 1 aromatic carbocycles. The number of carbonyl (C=O) groups is 2. The lowest BCUT2D eigenvalue weighted by atomic mass is 10.1. The third kappa shape index (κ3) is 3.95. The van der Waals surface area contributed by atoms with Crippen LogP contribution in [0.2, 0.25) is 0 Å². The lowest BCUT2D eigenvalue weighted by Crippen LogP contribution is -2.37. The van der Waals surface area contributed by atoms with Crippen LogP contribution < -0.4 is 5.32 Å². The second kappa shape index (κ2) is 7.20. The number of piperidine rings is 1. The molecule has 1 aliphatic rings. The Morgan fingerprint density at radius 1 is 1.12 bits per heavy atom. The third-order valence-corrected chi connectivity index (χ3v) is 3.87. The standard InChI is InChI=1S/C16H18FN5O2/c17-13-6-4-12(5-7-13)15(24)19-16-18-11-22(20-16)10-14(23)21-8-2-1-3-9-21/h4-7,11H,1-3,8-10H2,(H,19,20,24). The Bertz CT molecular complexity index is 722. The van der Waals surface area contributed by atoms with Gasteiger partial charge in [-0.15, -0.1) is 5.10 Å². The van der Waals surface area contributed by atoms with Crippen molar-refractivity contribution in [2.75, 3.05) is 18.4 Å². The molecule has 0 aliphatic carbocycles. The SMILES string of the molecule is O=C(Nc1ncn(CC(=O)N2CCCCC2)n1)c1ccc(F)cc1. The van der Waals surface area contributed by atoms with Gasteiger partial charge < -0.3 is 4.90 Å². The van der Waals surface area contributed by atoms with E-state index in [9.17, 15) is 14.0 Å². The van der Waals surface area contributed by atoms with Crippen molar-refractivity contribution in [2.45, 2.75) is 25.8 Å².